The summed E-state index contributed by atoms with van der Waals surface area (Å²) in [4.78, 5) is 26.5. The Morgan fingerprint density at radius 3 is 2.53 bits per heavy atom. The van der Waals surface area contributed by atoms with Crippen molar-refractivity contribution in [1.29, 1.82) is 0 Å². The van der Waals surface area contributed by atoms with Gasteiger partial charge in [-0.2, -0.15) is 0 Å². The van der Waals surface area contributed by atoms with Crippen molar-refractivity contribution in [3.8, 4) is 5.75 Å². The third-order valence-corrected chi connectivity index (χ3v) is 6.09. The number of nitrogens with zero attached hydrogens (tertiary/aromatic N) is 1. The van der Waals surface area contributed by atoms with Gasteiger partial charge in [-0.25, -0.2) is 4.79 Å². The van der Waals surface area contributed by atoms with Crippen LogP contribution in [0.1, 0.15) is 55.1 Å². The number of carbonyl (C=O) groups excluding carboxylic acids is 2. The van der Waals surface area contributed by atoms with Crippen LogP contribution in [0.15, 0.2) is 48.0 Å². The van der Waals surface area contributed by atoms with Crippen LogP contribution in [-0.4, -0.2) is 49.2 Å². The number of hydrogen-bond donors (Lipinski definition) is 2. The molecule has 2 amide bonds. The van der Waals surface area contributed by atoms with E-state index >= 15 is 0 Å². The fourth-order valence-electron chi connectivity index (χ4n) is 4.26. The van der Waals surface area contributed by atoms with E-state index in [0.717, 1.165) is 22.4 Å². The summed E-state index contributed by atoms with van der Waals surface area (Å²) in [5.41, 5.74) is 5.63. The first-order valence-corrected chi connectivity index (χ1v) is 11.7. The Labute approximate surface area is 201 Å². The van der Waals surface area contributed by atoms with E-state index in [9.17, 15) is 9.59 Å². The first kappa shape index (κ1) is 23.7. The van der Waals surface area contributed by atoms with E-state index in [0.29, 0.717) is 50.4 Å². The zero-order valence-corrected chi connectivity index (χ0v) is 20.4. The Bertz CT molecular complexity index is 1100. The summed E-state index contributed by atoms with van der Waals surface area (Å²) < 4.78 is 11.8. The van der Waals surface area contributed by atoms with Crippen molar-refractivity contribution >= 4 is 23.3 Å². The highest BCUT2D eigenvalue weighted by molar-refractivity contribution is 5.98. The molecule has 180 valence electrons. The fraction of sp³-hybridized carbons (Fsp3) is 0.407. The first-order chi connectivity index (χ1) is 16.2. The van der Waals surface area contributed by atoms with Gasteiger partial charge in [-0.3, -0.25) is 4.79 Å². The third kappa shape index (κ3) is 5.53. The van der Waals surface area contributed by atoms with Crippen LogP contribution in [0.5, 0.6) is 5.75 Å². The van der Waals surface area contributed by atoms with Gasteiger partial charge >= 0.3 is 6.09 Å². The average molecular weight is 464 g/mol. The molecule has 2 heterocycles. The van der Waals surface area contributed by atoms with E-state index in [1.807, 2.05) is 46.0 Å². The Balaban J connectivity index is 1.55. The van der Waals surface area contributed by atoms with Gasteiger partial charge in [-0.05, 0) is 80.2 Å². The topological polar surface area (TPSA) is 79.9 Å². The molecule has 0 fully saturated rings. The molecule has 0 saturated heterocycles. The van der Waals surface area contributed by atoms with Crippen LogP contribution in [0.3, 0.4) is 0 Å². The number of rotatable bonds is 5. The molecule has 0 atom stereocenters. The third-order valence-electron chi connectivity index (χ3n) is 6.09. The first-order valence-electron chi connectivity index (χ1n) is 11.7. The van der Waals surface area contributed by atoms with Crippen molar-refractivity contribution in [2.24, 2.45) is 0 Å². The Hall–Kier alpha value is -3.48. The molecular formula is C27H33N3O4. The molecule has 2 aromatic rings. The molecule has 0 unspecified atom stereocenters. The van der Waals surface area contributed by atoms with Crippen LogP contribution < -0.4 is 15.4 Å². The molecule has 7 heteroatoms. The number of hydrogen-bond acceptors (Lipinski definition) is 5. The Morgan fingerprint density at radius 2 is 1.82 bits per heavy atom. The quantitative estimate of drug-likeness (QED) is 0.664. The Morgan fingerprint density at radius 1 is 1.09 bits per heavy atom. The lowest BCUT2D eigenvalue weighted by molar-refractivity contribution is 0.0259. The maximum atomic E-state index is 12.7. The minimum Gasteiger partial charge on any atom is -0.489 e. The summed E-state index contributed by atoms with van der Waals surface area (Å²) in [6.07, 6.45) is 1.11. The van der Waals surface area contributed by atoms with Crippen LogP contribution in [0.2, 0.25) is 0 Å². The van der Waals surface area contributed by atoms with E-state index in [2.05, 4.69) is 34.9 Å². The molecule has 2 aromatic carbocycles. The number of amides is 2. The highest BCUT2D eigenvalue weighted by Crippen LogP contribution is 2.30. The second-order valence-corrected chi connectivity index (χ2v) is 9.67. The molecule has 0 aliphatic carbocycles. The maximum absolute atomic E-state index is 12.7. The van der Waals surface area contributed by atoms with Gasteiger partial charge in [0, 0.05) is 37.9 Å². The smallest absolute Gasteiger partial charge is 0.410 e. The largest absolute Gasteiger partial charge is 0.489 e. The second kappa shape index (κ2) is 9.79. The normalized spacial score (nSPS) is 16.0. The molecule has 34 heavy (non-hydrogen) atoms. The van der Waals surface area contributed by atoms with Crippen molar-refractivity contribution in [2.45, 2.75) is 45.8 Å². The summed E-state index contributed by atoms with van der Waals surface area (Å²) in [6, 6.07) is 14.0. The van der Waals surface area contributed by atoms with E-state index < -0.39 is 5.60 Å². The minimum atomic E-state index is -0.533. The van der Waals surface area contributed by atoms with E-state index in [1.54, 1.807) is 4.90 Å². The predicted octanol–water partition coefficient (Wildman–Crippen LogP) is 4.84. The molecule has 2 aliphatic heterocycles. The Kier molecular flexibility index (Phi) is 6.82. The highest BCUT2D eigenvalue weighted by Gasteiger charge is 2.26. The number of carbonyl (C=O) groups is 2. The van der Waals surface area contributed by atoms with Gasteiger partial charge in [0.15, 0.2) is 0 Å². The molecule has 0 aromatic heterocycles. The summed E-state index contributed by atoms with van der Waals surface area (Å²) >= 11 is 0. The molecule has 0 spiro atoms. The maximum Gasteiger partial charge on any atom is 0.410 e. The standard InChI is InChI=1S/C27H33N3O4/c1-27(2,3)34-26(32)30-13-11-20(23(12-14-30)18-5-8-21(28-4)9-6-18)17-33-22-10-7-19-16-29-25(31)24(19)15-22/h5-10,15,28H,11-14,16-17H2,1-4H3,(H,29,31). The van der Waals surface area contributed by atoms with Crippen LogP contribution in [-0.2, 0) is 11.3 Å². The van der Waals surface area contributed by atoms with Crippen LogP contribution in [0.4, 0.5) is 10.5 Å². The monoisotopic (exact) mass is 463 g/mol. The summed E-state index contributed by atoms with van der Waals surface area (Å²) in [6.45, 7) is 7.75. The molecule has 2 N–H and O–H groups in total. The van der Waals surface area contributed by atoms with Gasteiger partial charge in [-0.15, -0.1) is 0 Å². The number of fused-ring (bicyclic) bond motifs is 1. The lowest BCUT2D eigenvalue weighted by Crippen LogP contribution is -2.37. The molecule has 0 saturated carbocycles. The van der Waals surface area contributed by atoms with Crippen LogP contribution in [0, 0.1) is 0 Å². The van der Waals surface area contributed by atoms with Gasteiger partial charge in [0.25, 0.3) is 5.91 Å². The lowest BCUT2D eigenvalue weighted by Gasteiger charge is -2.26. The van der Waals surface area contributed by atoms with Crippen molar-refractivity contribution in [3.63, 3.8) is 0 Å². The summed E-state index contributed by atoms with van der Waals surface area (Å²) in [5, 5.41) is 5.99. The average Bonchev–Trinajstić information content (AvgIpc) is 3.03. The molecule has 0 radical (unpaired) electrons. The van der Waals surface area contributed by atoms with E-state index in [1.165, 1.54) is 5.57 Å². The van der Waals surface area contributed by atoms with Crippen molar-refractivity contribution in [2.75, 3.05) is 32.1 Å². The molecule has 4 rings (SSSR count). The fourth-order valence-corrected chi connectivity index (χ4v) is 4.26. The number of benzene rings is 2. The zero-order chi connectivity index (χ0) is 24.3. The number of nitrogens with one attached hydrogen (secondary N) is 2. The molecule has 0 bridgehead atoms. The van der Waals surface area contributed by atoms with Crippen LogP contribution >= 0.6 is 0 Å². The predicted molar refractivity (Wildman–Crippen MR) is 133 cm³/mol. The molecule has 2 aliphatic rings. The lowest BCUT2D eigenvalue weighted by atomic mass is 9.96. The van der Waals surface area contributed by atoms with Gasteiger partial charge < -0.3 is 25.0 Å². The van der Waals surface area contributed by atoms with E-state index in [4.69, 9.17) is 9.47 Å². The van der Waals surface area contributed by atoms with Crippen LogP contribution in [0.25, 0.3) is 5.57 Å². The van der Waals surface area contributed by atoms with Crippen molar-refractivity contribution < 1.29 is 19.1 Å². The van der Waals surface area contributed by atoms with E-state index in [-0.39, 0.29) is 12.0 Å². The number of ether oxygens (including phenoxy) is 2. The minimum absolute atomic E-state index is 0.0625. The SMILES string of the molecule is CNc1ccc(C2=C(COc3ccc4c(c3)C(=O)NC4)CCN(C(=O)OC(C)(C)C)CC2)cc1. The molecular weight excluding hydrogens is 430 g/mol. The molecule has 7 nitrogen and oxygen atoms in total. The summed E-state index contributed by atoms with van der Waals surface area (Å²) in [7, 11) is 1.90. The van der Waals surface area contributed by atoms with Gasteiger partial charge in [0.05, 0.1) is 0 Å². The number of anilines is 1. The highest BCUT2D eigenvalue weighted by atomic mass is 16.6. The van der Waals surface area contributed by atoms with Crippen molar-refractivity contribution in [1.82, 2.24) is 10.2 Å². The van der Waals surface area contributed by atoms with Gasteiger partial charge in [0.1, 0.15) is 18.0 Å². The van der Waals surface area contributed by atoms with Gasteiger partial charge in [0.2, 0.25) is 0 Å². The second-order valence-electron chi connectivity index (χ2n) is 9.67. The van der Waals surface area contributed by atoms with Crippen molar-refractivity contribution in [3.05, 3.63) is 64.7 Å². The van der Waals surface area contributed by atoms with Gasteiger partial charge in [-0.1, -0.05) is 18.2 Å². The zero-order valence-electron chi connectivity index (χ0n) is 20.4. The summed E-state index contributed by atoms with van der Waals surface area (Å²) in [5.74, 6) is 0.605.